The van der Waals surface area contributed by atoms with E-state index in [1.54, 1.807) is 0 Å². The second-order valence-corrected chi connectivity index (χ2v) is 10.7. The van der Waals surface area contributed by atoms with Gasteiger partial charge in [0.15, 0.2) is 0 Å². The average molecular weight is 522 g/mol. The van der Waals surface area contributed by atoms with Crippen LogP contribution in [0.1, 0.15) is 42.5 Å². The molecule has 1 unspecified atom stereocenters. The summed E-state index contributed by atoms with van der Waals surface area (Å²) in [7, 11) is 0. The maximum atomic E-state index is 12.2. The summed E-state index contributed by atoms with van der Waals surface area (Å²) in [5.74, 6) is 1.08. The Bertz CT molecular complexity index is 1420. The number of carbonyl (C=O) groups excluding carboxylic acids is 1. The number of likely N-dealkylation sites (tertiary alicyclic amines) is 1. The first-order chi connectivity index (χ1) is 19.1. The first-order valence-electron chi connectivity index (χ1n) is 13.9. The van der Waals surface area contributed by atoms with E-state index in [0.717, 1.165) is 54.8 Å². The number of hydrogen-bond acceptors (Lipinski definition) is 5. The maximum absolute atomic E-state index is 12.2. The molecule has 2 aliphatic rings. The van der Waals surface area contributed by atoms with Crippen LogP contribution in [0.3, 0.4) is 0 Å². The molecule has 0 bridgehead atoms. The smallest absolute Gasteiger partial charge is 0.410 e. The van der Waals surface area contributed by atoms with Gasteiger partial charge in [0.2, 0.25) is 0 Å². The SMILES string of the molecule is CCN1CC2(CCN(CC(c3ccccc3)c3ccc(OCc4ccc5ccccc5n4)cc3)CC2)OC1=O. The maximum Gasteiger partial charge on any atom is 0.410 e. The van der Waals surface area contributed by atoms with E-state index in [4.69, 9.17) is 14.5 Å². The lowest BCUT2D eigenvalue weighted by molar-refractivity contribution is 0.000110. The molecule has 39 heavy (non-hydrogen) atoms. The van der Waals surface area contributed by atoms with Gasteiger partial charge in [-0.05, 0) is 42.3 Å². The van der Waals surface area contributed by atoms with Crippen molar-refractivity contribution in [1.29, 1.82) is 0 Å². The van der Waals surface area contributed by atoms with E-state index in [-0.39, 0.29) is 17.6 Å². The van der Waals surface area contributed by atoms with E-state index in [1.165, 1.54) is 11.1 Å². The number of pyridine rings is 1. The number of rotatable bonds is 8. The molecule has 0 saturated carbocycles. The molecule has 3 heterocycles. The number of fused-ring (bicyclic) bond motifs is 1. The molecule has 6 heteroatoms. The zero-order valence-electron chi connectivity index (χ0n) is 22.5. The minimum Gasteiger partial charge on any atom is -0.487 e. The first-order valence-corrected chi connectivity index (χ1v) is 13.9. The molecule has 6 nitrogen and oxygen atoms in total. The van der Waals surface area contributed by atoms with Gasteiger partial charge in [0.1, 0.15) is 18.0 Å². The van der Waals surface area contributed by atoms with Crippen LogP contribution in [0.4, 0.5) is 4.79 Å². The summed E-state index contributed by atoms with van der Waals surface area (Å²) >= 11 is 0. The summed E-state index contributed by atoms with van der Waals surface area (Å²) in [6, 6.07) is 31.5. The van der Waals surface area contributed by atoms with Crippen LogP contribution in [0, 0.1) is 0 Å². The number of ether oxygens (including phenoxy) is 2. The van der Waals surface area contributed by atoms with Crippen LogP contribution < -0.4 is 4.74 Å². The first kappa shape index (κ1) is 25.4. The highest BCUT2D eigenvalue weighted by molar-refractivity contribution is 5.78. The zero-order chi connectivity index (χ0) is 26.7. The Morgan fingerprint density at radius 3 is 2.36 bits per heavy atom. The standard InChI is InChI=1S/C33H35N3O3/c1-2-36-24-33(39-32(36)37)18-20-35(21-19-33)22-30(25-8-4-3-5-9-25)26-13-16-29(17-14-26)38-23-28-15-12-27-10-6-7-11-31(27)34-28/h3-17,30H,2,18-24H2,1H3. The Morgan fingerprint density at radius 1 is 0.897 bits per heavy atom. The van der Waals surface area contributed by atoms with Crippen molar-refractivity contribution in [2.24, 2.45) is 0 Å². The van der Waals surface area contributed by atoms with Gasteiger partial charge >= 0.3 is 6.09 Å². The summed E-state index contributed by atoms with van der Waals surface area (Å²) in [4.78, 5) is 21.2. The van der Waals surface area contributed by atoms with Gasteiger partial charge in [-0.1, -0.05) is 66.7 Å². The van der Waals surface area contributed by atoms with Gasteiger partial charge in [-0.2, -0.15) is 0 Å². The van der Waals surface area contributed by atoms with Crippen molar-refractivity contribution in [3.05, 3.63) is 108 Å². The molecule has 1 atom stereocenters. The minimum atomic E-state index is -0.315. The van der Waals surface area contributed by atoms with E-state index < -0.39 is 0 Å². The third kappa shape index (κ3) is 5.62. The number of likely N-dealkylation sites (N-methyl/N-ethyl adjacent to an activating group) is 1. The zero-order valence-corrected chi connectivity index (χ0v) is 22.5. The third-order valence-corrected chi connectivity index (χ3v) is 8.16. The summed E-state index contributed by atoms with van der Waals surface area (Å²) in [5, 5.41) is 1.13. The normalized spacial score (nSPS) is 17.9. The molecule has 0 aliphatic carbocycles. The molecule has 0 N–H and O–H groups in total. The second kappa shape index (κ2) is 11.1. The molecule has 2 saturated heterocycles. The van der Waals surface area contributed by atoms with Crippen molar-refractivity contribution < 1.29 is 14.3 Å². The van der Waals surface area contributed by atoms with E-state index >= 15 is 0 Å². The number of benzene rings is 3. The highest BCUT2D eigenvalue weighted by Gasteiger charge is 2.46. The fourth-order valence-electron chi connectivity index (χ4n) is 5.83. The lowest BCUT2D eigenvalue weighted by atomic mass is 9.87. The number of nitrogens with zero attached hydrogens (tertiary/aromatic N) is 3. The van der Waals surface area contributed by atoms with Crippen LogP contribution in [-0.2, 0) is 11.3 Å². The fraction of sp³-hybridized carbons (Fsp3) is 0.333. The lowest BCUT2D eigenvalue weighted by Gasteiger charge is -2.39. The highest BCUT2D eigenvalue weighted by atomic mass is 16.6. The van der Waals surface area contributed by atoms with E-state index in [2.05, 4.69) is 71.6 Å². The largest absolute Gasteiger partial charge is 0.487 e. The monoisotopic (exact) mass is 521 g/mol. The van der Waals surface area contributed by atoms with Crippen LogP contribution in [-0.4, -0.2) is 59.2 Å². The third-order valence-electron chi connectivity index (χ3n) is 8.16. The summed E-state index contributed by atoms with van der Waals surface area (Å²) in [6.45, 7) is 6.64. The van der Waals surface area contributed by atoms with Crippen LogP contribution in [0.5, 0.6) is 5.75 Å². The van der Waals surface area contributed by atoms with Crippen LogP contribution >= 0.6 is 0 Å². The van der Waals surface area contributed by atoms with E-state index in [0.29, 0.717) is 19.7 Å². The summed E-state index contributed by atoms with van der Waals surface area (Å²) in [5.41, 5.74) is 4.15. The Balaban J connectivity index is 1.12. The number of amides is 1. The average Bonchev–Trinajstić information content (AvgIpc) is 3.31. The van der Waals surface area contributed by atoms with Gasteiger partial charge < -0.3 is 19.3 Å². The Morgan fingerprint density at radius 2 is 1.62 bits per heavy atom. The molecular formula is C33H35N3O3. The van der Waals surface area contributed by atoms with E-state index in [1.807, 2.05) is 36.1 Å². The quantitative estimate of drug-likeness (QED) is 0.274. The molecule has 4 aromatic rings. The summed E-state index contributed by atoms with van der Waals surface area (Å²) < 4.78 is 11.9. The van der Waals surface area contributed by atoms with E-state index in [9.17, 15) is 4.79 Å². The van der Waals surface area contributed by atoms with Gasteiger partial charge in [-0.15, -0.1) is 0 Å². The lowest BCUT2D eigenvalue weighted by Crippen LogP contribution is -2.47. The Labute approximate surface area is 230 Å². The molecule has 1 aromatic heterocycles. The van der Waals surface area contributed by atoms with Crippen molar-refractivity contribution in [3.8, 4) is 5.75 Å². The molecular weight excluding hydrogens is 486 g/mol. The summed E-state index contributed by atoms with van der Waals surface area (Å²) in [6.07, 6.45) is 1.60. The molecule has 0 radical (unpaired) electrons. The van der Waals surface area contributed by atoms with Gasteiger partial charge in [0.25, 0.3) is 0 Å². The van der Waals surface area contributed by atoms with Crippen LogP contribution in [0.2, 0.25) is 0 Å². The molecule has 3 aromatic carbocycles. The number of carbonyl (C=O) groups is 1. The number of aromatic nitrogens is 1. The van der Waals surface area contributed by atoms with Gasteiger partial charge in [-0.25, -0.2) is 9.78 Å². The van der Waals surface area contributed by atoms with Gasteiger partial charge in [-0.3, -0.25) is 0 Å². The predicted molar refractivity (Wildman–Crippen MR) is 153 cm³/mol. The van der Waals surface area contributed by atoms with Crippen LogP contribution in [0.25, 0.3) is 10.9 Å². The topological polar surface area (TPSA) is 54.9 Å². The highest BCUT2D eigenvalue weighted by Crippen LogP contribution is 2.35. The van der Waals surface area contributed by atoms with Crippen molar-refractivity contribution in [3.63, 3.8) is 0 Å². The molecule has 1 spiro atoms. The Hall–Kier alpha value is -3.90. The molecule has 2 fully saturated rings. The van der Waals surface area contributed by atoms with Crippen molar-refractivity contribution in [2.75, 3.05) is 32.7 Å². The Kier molecular flexibility index (Phi) is 7.20. The number of para-hydroxylation sites is 1. The van der Waals surface area contributed by atoms with Crippen molar-refractivity contribution >= 4 is 17.0 Å². The second-order valence-electron chi connectivity index (χ2n) is 10.7. The number of hydrogen-bond donors (Lipinski definition) is 0. The molecule has 1 amide bonds. The minimum absolute atomic E-state index is 0.160. The van der Waals surface area contributed by atoms with Crippen LogP contribution in [0.15, 0.2) is 91.0 Å². The van der Waals surface area contributed by atoms with Crippen molar-refractivity contribution in [2.45, 2.75) is 37.9 Å². The van der Waals surface area contributed by atoms with Crippen molar-refractivity contribution in [1.82, 2.24) is 14.8 Å². The fourth-order valence-corrected chi connectivity index (χ4v) is 5.83. The predicted octanol–water partition coefficient (Wildman–Crippen LogP) is 6.25. The molecule has 200 valence electrons. The van der Waals surface area contributed by atoms with Gasteiger partial charge in [0, 0.05) is 50.3 Å². The molecule has 6 rings (SSSR count). The van der Waals surface area contributed by atoms with Gasteiger partial charge in [0.05, 0.1) is 17.8 Å². The molecule has 2 aliphatic heterocycles. The number of piperidine rings is 1.